The summed E-state index contributed by atoms with van der Waals surface area (Å²) < 4.78 is 24.7. The lowest BCUT2D eigenvalue weighted by molar-refractivity contribution is 0.184. The van der Waals surface area contributed by atoms with Crippen LogP contribution in [0.5, 0.6) is 11.5 Å². The molecule has 0 aliphatic heterocycles. The summed E-state index contributed by atoms with van der Waals surface area (Å²) in [4.78, 5) is 0. The zero-order valence-electron chi connectivity index (χ0n) is 11.6. The van der Waals surface area contributed by atoms with Gasteiger partial charge in [-0.05, 0) is 36.8 Å². The second-order valence-corrected chi connectivity index (χ2v) is 4.62. The molecule has 1 atom stereocenters. The van der Waals surface area contributed by atoms with Crippen molar-refractivity contribution in [3.05, 3.63) is 59.4 Å². The van der Waals surface area contributed by atoms with E-state index in [0.717, 1.165) is 5.56 Å². The van der Waals surface area contributed by atoms with Crippen LogP contribution in [0.2, 0.25) is 0 Å². The molecule has 2 aromatic carbocycles. The second kappa shape index (κ2) is 6.50. The first-order valence-electron chi connectivity index (χ1n) is 6.41. The Morgan fingerprint density at radius 1 is 1.20 bits per heavy atom. The molecule has 106 valence electrons. The highest BCUT2D eigenvalue weighted by molar-refractivity contribution is 5.41. The van der Waals surface area contributed by atoms with Gasteiger partial charge in [0, 0.05) is 18.7 Å². The van der Waals surface area contributed by atoms with Gasteiger partial charge in [0.15, 0.2) is 0 Å². The van der Waals surface area contributed by atoms with Gasteiger partial charge in [-0.1, -0.05) is 18.2 Å². The van der Waals surface area contributed by atoms with E-state index in [9.17, 15) is 4.39 Å². The third-order valence-corrected chi connectivity index (χ3v) is 2.91. The molecule has 0 aliphatic rings. The van der Waals surface area contributed by atoms with E-state index in [0.29, 0.717) is 23.7 Å². The van der Waals surface area contributed by atoms with Crippen molar-refractivity contribution in [1.82, 2.24) is 0 Å². The van der Waals surface area contributed by atoms with Crippen LogP contribution in [-0.2, 0) is 11.3 Å². The molecule has 0 aromatic heterocycles. The molecule has 0 heterocycles. The number of hydrogen-bond acceptors (Lipinski definition) is 3. The Morgan fingerprint density at radius 3 is 2.65 bits per heavy atom. The van der Waals surface area contributed by atoms with E-state index in [-0.39, 0.29) is 5.82 Å². The maximum absolute atomic E-state index is 13.8. The van der Waals surface area contributed by atoms with Crippen molar-refractivity contribution in [2.75, 3.05) is 7.11 Å². The molecular weight excluding hydrogens is 257 g/mol. The van der Waals surface area contributed by atoms with Crippen LogP contribution < -0.4 is 10.5 Å². The average Bonchev–Trinajstić information content (AvgIpc) is 2.39. The first-order chi connectivity index (χ1) is 9.61. The molecule has 0 bridgehead atoms. The Morgan fingerprint density at radius 2 is 1.95 bits per heavy atom. The van der Waals surface area contributed by atoms with Crippen molar-refractivity contribution >= 4 is 0 Å². The van der Waals surface area contributed by atoms with E-state index in [1.165, 1.54) is 6.07 Å². The quantitative estimate of drug-likeness (QED) is 0.903. The predicted molar refractivity (Wildman–Crippen MR) is 76.2 cm³/mol. The van der Waals surface area contributed by atoms with Gasteiger partial charge in [-0.2, -0.15) is 0 Å². The number of hydrogen-bond donors (Lipinski definition) is 1. The Hall–Kier alpha value is -1.91. The lowest BCUT2D eigenvalue weighted by Crippen LogP contribution is -2.09. The van der Waals surface area contributed by atoms with Gasteiger partial charge in [0.05, 0.1) is 6.61 Å². The number of benzene rings is 2. The fourth-order valence-corrected chi connectivity index (χ4v) is 2.04. The summed E-state index contributed by atoms with van der Waals surface area (Å²) in [5.41, 5.74) is 7.18. The summed E-state index contributed by atoms with van der Waals surface area (Å²) >= 11 is 0. The topological polar surface area (TPSA) is 44.5 Å². The van der Waals surface area contributed by atoms with Gasteiger partial charge in [-0.3, -0.25) is 0 Å². The maximum Gasteiger partial charge on any atom is 0.135 e. The van der Waals surface area contributed by atoms with Crippen molar-refractivity contribution in [2.24, 2.45) is 5.73 Å². The van der Waals surface area contributed by atoms with Gasteiger partial charge in [-0.15, -0.1) is 0 Å². The summed E-state index contributed by atoms with van der Waals surface area (Å²) in [5, 5.41) is 0. The second-order valence-electron chi connectivity index (χ2n) is 4.62. The van der Waals surface area contributed by atoms with Gasteiger partial charge >= 0.3 is 0 Å². The van der Waals surface area contributed by atoms with Gasteiger partial charge in [0.25, 0.3) is 0 Å². The van der Waals surface area contributed by atoms with E-state index in [1.807, 2.05) is 24.3 Å². The average molecular weight is 275 g/mol. The van der Waals surface area contributed by atoms with Crippen molar-refractivity contribution in [1.29, 1.82) is 0 Å². The minimum absolute atomic E-state index is 0.356. The van der Waals surface area contributed by atoms with Crippen LogP contribution >= 0.6 is 0 Å². The molecule has 0 saturated heterocycles. The highest BCUT2D eigenvalue weighted by atomic mass is 19.1. The normalized spacial score (nSPS) is 12.2. The number of methoxy groups -OCH3 is 1. The molecule has 3 nitrogen and oxygen atoms in total. The third-order valence-electron chi connectivity index (χ3n) is 2.91. The summed E-state index contributed by atoms with van der Waals surface area (Å²) in [7, 11) is 1.63. The fraction of sp³-hybridized carbons (Fsp3) is 0.250. The van der Waals surface area contributed by atoms with Crippen molar-refractivity contribution < 1.29 is 13.9 Å². The molecule has 2 aromatic rings. The maximum atomic E-state index is 13.8. The number of ether oxygens (including phenoxy) is 2. The van der Waals surface area contributed by atoms with Crippen LogP contribution in [0.15, 0.2) is 42.5 Å². The van der Waals surface area contributed by atoms with Crippen LogP contribution in [0.1, 0.15) is 24.1 Å². The molecule has 1 unspecified atom stereocenters. The van der Waals surface area contributed by atoms with Gasteiger partial charge in [-0.25, -0.2) is 4.39 Å². The largest absolute Gasteiger partial charge is 0.457 e. The molecule has 2 rings (SSSR count). The number of rotatable bonds is 5. The highest BCUT2D eigenvalue weighted by Gasteiger charge is 2.14. The predicted octanol–water partition coefficient (Wildman–Crippen LogP) is 3.78. The van der Waals surface area contributed by atoms with E-state index in [1.54, 1.807) is 26.2 Å². The van der Waals surface area contributed by atoms with Gasteiger partial charge in [0.2, 0.25) is 0 Å². The zero-order chi connectivity index (χ0) is 14.5. The molecule has 20 heavy (non-hydrogen) atoms. The summed E-state index contributed by atoms with van der Waals surface area (Å²) in [6.45, 7) is 2.23. The van der Waals surface area contributed by atoms with E-state index in [4.69, 9.17) is 15.2 Å². The molecule has 0 saturated carbocycles. The molecule has 0 fully saturated rings. The van der Waals surface area contributed by atoms with Crippen LogP contribution in [0.4, 0.5) is 4.39 Å². The molecule has 0 amide bonds. The van der Waals surface area contributed by atoms with Crippen molar-refractivity contribution in [3.63, 3.8) is 0 Å². The van der Waals surface area contributed by atoms with E-state index >= 15 is 0 Å². The lowest BCUT2D eigenvalue weighted by atomic mass is 10.1. The molecule has 2 N–H and O–H groups in total. The van der Waals surface area contributed by atoms with Gasteiger partial charge < -0.3 is 15.2 Å². The SMILES string of the molecule is COCc1cccc(Oc2cccc(F)c2C(C)N)c1. The number of nitrogens with two attached hydrogens (primary N) is 1. The van der Waals surface area contributed by atoms with Crippen LogP contribution in [0, 0.1) is 5.82 Å². The van der Waals surface area contributed by atoms with Crippen molar-refractivity contribution in [3.8, 4) is 11.5 Å². The molecule has 0 radical (unpaired) electrons. The van der Waals surface area contributed by atoms with Gasteiger partial charge in [0.1, 0.15) is 17.3 Å². The van der Waals surface area contributed by atoms with E-state index < -0.39 is 6.04 Å². The smallest absolute Gasteiger partial charge is 0.135 e. The van der Waals surface area contributed by atoms with Crippen LogP contribution in [0.25, 0.3) is 0 Å². The molecule has 4 heteroatoms. The Bertz CT molecular complexity index is 584. The van der Waals surface area contributed by atoms with Crippen molar-refractivity contribution in [2.45, 2.75) is 19.6 Å². The lowest BCUT2D eigenvalue weighted by Gasteiger charge is -2.15. The minimum Gasteiger partial charge on any atom is -0.457 e. The fourth-order valence-electron chi connectivity index (χ4n) is 2.04. The molecule has 0 aliphatic carbocycles. The highest BCUT2D eigenvalue weighted by Crippen LogP contribution is 2.31. The molecular formula is C16H18FNO2. The summed E-state index contributed by atoms with van der Waals surface area (Å²) in [6.07, 6.45) is 0. The third kappa shape index (κ3) is 3.35. The monoisotopic (exact) mass is 275 g/mol. The standard InChI is InChI=1S/C16H18FNO2/c1-11(18)16-14(17)7-4-8-15(16)20-13-6-3-5-12(9-13)10-19-2/h3-9,11H,10,18H2,1-2H3. The minimum atomic E-state index is -0.437. The number of halogens is 1. The zero-order valence-corrected chi connectivity index (χ0v) is 11.6. The first kappa shape index (κ1) is 14.5. The summed E-state index contributed by atoms with van der Waals surface area (Å²) in [6, 6.07) is 11.7. The Kier molecular flexibility index (Phi) is 4.71. The van der Waals surface area contributed by atoms with Crippen LogP contribution in [-0.4, -0.2) is 7.11 Å². The van der Waals surface area contributed by atoms with Crippen LogP contribution in [0.3, 0.4) is 0 Å². The first-order valence-corrected chi connectivity index (χ1v) is 6.41. The Labute approximate surface area is 118 Å². The molecule has 0 spiro atoms. The summed E-state index contributed by atoms with van der Waals surface area (Å²) in [5.74, 6) is 0.715. The van der Waals surface area contributed by atoms with E-state index in [2.05, 4.69) is 0 Å². The Balaban J connectivity index is 2.30.